The maximum Gasteiger partial charge on any atom is 0.255 e. The van der Waals surface area contributed by atoms with Crippen molar-refractivity contribution >= 4 is 17.5 Å². The minimum atomic E-state index is -0.114. The fraction of sp³-hybridized carbons (Fsp3) is 0.300. The smallest absolute Gasteiger partial charge is 0.255 e. The van der Waals surface area contributed by atoms with Crippen molar-refractivity contribution in [2.75, 3.05) is 18.4 Å². The second-order valence-electron chi connectivity index (χ2n) is 6.29. The van der Waals surface area contributed by atoms with Crippen LogP contribution < -0.4 is 16.0 Å². The Morgan fingerprint density at radius 1 is 1.08 bits per heavy atom. The SMILES string of the molecule is CC(=O)NCCc1ccc(C(=O)Nc2ccc3c(c2)CNCC3)cc1. The number of hydrogen-bond donors (Lipinski definition) is 3. The molecule has 2 aromatic rings. The molecule has 0 aliphatic carbocycles. The van der Waals surface area contributed by atoms with Crippen LogP contribution in [0.25, 0.3) is 0 Å². The van der Waals surface area contributed by atoms with Gasteiger partial charge in [0.1, 0.15) is 0 Å². The predicted molar refractivity (Wildman–Crippen MR) is 98.6 cm³/mol. The van der Waals surface area contributed by atoms with Gasteiger partial charge in [-0.1, -0.05) is 18.2 Å². The van der Waals surface area contributed by atoms with Crippen molar-refractivity contribution in [1.82, 2.24) is 10.6 Å². The largest absolute Gasteiger partial charge is 0.356 e. The van der Waals surface area contributed by atoms with Crippen molar-refractivity contribution in [2.24, 2.45) is 0 Å². The number of benzene rings is 2. The first kappa shape index (κ1) is 17.2. The van der Waals surface area contributed by atoms with Gasteiger partial charge in [-0.25, -0.2) is 0 Å². The molecule has 0 spiro atoms. The van der Waals surface area contributed by atoms with E-state index in [1.54, 1.807) is 0 Å². The zero-order chi connectivity index (χ0) is 17.6. The second kappa shape index (κ2) is 7.94. The van der Waals surface area contributed by atoms with Crippen LogP contribution in [0.2, 0.25) is 0 Å². The highest BCUT2D eigenvalue weighted by atomic mass is 16.2. The summed E-state index contributed by atoms with van der Waals surface area (Å²) in [5.41, 5.74) is 5.13. The van der Waals surface area contributed by atoms with Crippen molar-refractivity contribution in [2.45, 2.75) is 26.3 Å². The Balaban J connectivity index is 1.60. The van der Waals surface area contributed by atoms with Gasteiger partial charge in [0.05, 0.1) is 0 Å². The fourth-order valence-electron chi connectivity index (χ4n) is 2.97. The van der Waals surface area contributed by atoms with Gasteiger partial charge in [-0.3, -0.25) is 9.59 Å². The molecule has 0 fully saturated rings. The summed E-state index contributed by atoms with van der Waals surface area (Å²) in [4.78, 5) is 23.3. The van der Waals surface area contributed by atoms with Crippen molar-refractivity contribution in [3.8, 4) is 0 Å². The van der Waals surface area contributed by atoms with Crippen molar-refractivity contribution in [3.05, 3.63) is 64.7 Å². The molecular formula is C20H23N3O2. The first-order valence-corrected chi connectivity index (χ1v) is 8.59. The number of carbonyl (C=O) groups is 2. The average Bonchev–Trinajstić information content (AvgIpc) is 2.62. The summed E-state index contributed by atoms with van der Waals surface area (Å²) in [6.07, 6.45) is 1.78. The molecular weight excluding hydrogens is 314 g/mol. The van der Waals surface area contributed by atoms with E-state index in [1.807, 2.05) is 36.4 Å². The molecule has 1 heterocycles. The standard InChI is InChI=1S/C20H23N3O2/c1-14(24)22-11-8-15-2-4-17(5-3-15)20(25)23-19-7-6-16-9-10-21-13-18(16)12-19/h2-7,12,21H,8-11,13H2,1H3,(H,22,24)(H,23,25). The molecule has 3 rings (SSSR count). The number of rotatable bonds is 5. The van der Waals surface area contributed by atoms with E-state index in [1.165, 1.54) is 18.1 Å². The van der Waals surface area contributed by atoms with Gasteiger partial charge in [0.15, 0.2) is 0 Å². The van der Waals surface area contributed by atoms with Crippen LogP contribution >= 0.6 is 0 Å². The second-order valence-corrected chi connectivity index (χ2v) is 6.29. The molecule has 130 valence electrons. The van der Waals surface area contributed by atoms with E-state index < -0.39 is 0 Å². The van der Waals surface area contributed by atoms with Crippen LogP contribution in [0.4, 0.5) is 5.69 Å². The van der Waals surface area contributed by atoms with E-state index in [9.17, 15) is 9.59 Å². The van der Waals surface area contributed by atoms with Crippen molar-refractivity contribution in [1.29, 1.82) is 0 Å². The lowest BCUT2D eigenvalue weighted by Gasteiger charge is -2.18. The third-order valence-electron chi connectivity index (χ3n) is 4.35. The lowest BCUT2D eigenvalue weighted by molar-refractivity contribution is -0.118. The Hall–Kier alpha value is -2.66. The van der Waals surface area contributed by atoms with E-state index in [0.717, 1.165) is 37.2 Å². The summed E-state index contributed by atoms with van der Waals surface area (Å²) in [6.45, 7) is 3.96. The fourth-order valence-corrected chi connectivity index (χ4v) is 2.97. The summed E-state index contributed by atoms with van der Waals surface area (Å²) < 4.78 is 0. The van der Waals surface area contributed by atoms with Crippen LogP contribution in [0.15, 0.2) is 42.5 Å². The molecule has 0 unspecified atom stereocenters. The van der Waals surface area contributed by atoms with E-state index in [4.69, 9.17) is 0 Å². The summed E-state index contributed by atoms with van der Waals surface area (Å²) in [5.74, 6) is -0.145. The van der Waals surface area contributed by atoms with Crippen LogP contribution in [0.3, 0.4) is 0 Å². The third kappa shape index (κ3) is 4.67. The normalized spacial score (nSPS) is 13.0. The average molecular weight is 337 g/mol. The summed E-state index contributed by atoms with van der Waals surface area (Å²) in [7, 11) is 0. The zero-order valence-electron chi connectivity index (χ0n) is 14.4. The van der Waals surface area contributed by atoms with Gasteiger partial charge in [0.25, 0.3) is 5.91 Å². The molecule has 3 N–H and O–H groups in total. The number of nitrogens with one attached hydrogen (secondary N) is 3. The number of carbonyl (C=O) groups excluding carboxylic acids is 2. The highest BCUT2D eigenvalue weighted by Gasteiger charge is 2.11. The molecule has 2 amide bonds. The third-order valence-corrected chi connectivity index (χ3v) is 4.35. The molecule has 25 heavy (non-hydrogen) atoms. The summed E-state index contributed by atoms with van der Waals surface area (Å²) >= 11 is 0. The number of hydrogen-bond acceptors (Lipinski definition) is 3. The van der Waals surface area contributed by atoms with Gasteiger partial charge < -0.3 is 16.0 Å². The van der Waals surface area contributed by atoms with Crippen LogP contribution in [-0.2, 0) is 24.2 Å². The Bertz CT molecular complexity index is 769. The van der Waals surface area contributed by atoms with Crippen LogP contribution in [0.5, 0.6) is 0 Å². The number of amides is 2. The van der Waals surface area contributed by atoms with E-state index in [0.29, 0.717) is 12.1 Å². The first-order chi connectivity index (χ1) is 12.1. The molecule has 1 aliphatic rings. The van der Waals surface area contributed by atoms with Crippen LogP contribution in [-0.4, -0.2) is 24.9 Å². The summed E-state index contributed by atoms with van der Waals surface area (Å²) in [5, 5.41) is 9.07. The van der Waals surface area contributed by atoms with Gasteiger partial charge in [-0.05, 0) is 60.3 Å². The van der Waals surface area contributed by atoms with E-state index in [2.05, 4.69) is 22.0 Å². The first-order valence-electron chi connectivity index (χ1n) is 8.59. The molecule has 0 saturated carbocycles. The monoisotopic (exact) mass is 337 g/mol. The molecule has 0 aromatic heterocycles. The van der Waals surface area contributed by atoms with Crippen molar-refractivity contribution < 1.29 is 9.59 Å². The molecule has 2 aromatic carbocycles. The predicted octanol–water partition coefficient (Wildman–Crippen LogP) is 2.26. The molecule has 0 radical (unpaired) electrons. The van der Waals surface area contributed by atoms with Crippen molar-refractivity contribution in [3.63, 3.8) is 0 Å². The molecule has 0 bridgehead atoms. The van der Waals surface area contributed by atoms with Gasteiger partial charge >= 0.3 is 0 Å². The zero-order valence-corrected chi connectivity index (χ0v) is 14.4. The van der Waals surface area contributed by atoms with E-state index in [-0.39, 0.29) is 11.8 Å². The molecule has 5 nitrogen and oxygen atoms in total. The van der Waals surface area contributed by atoms with Gasteiger partial charge in [0.2, 0.25) is 5.91 Å². The molecule has 0 saturated heterocycles. The maximum absolute atomic E-state index is 12.4. The molecule has 0 atom stereocenters. The Kier molecular flexibility index (Phi) is 5.46. The molecule has 1 aliphatic heterocycles. The maximum atomic E-state index is 12.4. The van der Waals surface area contributed by atoms with E-state index >= 15 is 0 Å². The Labute approximate surface area is 147 Å². The lowest BCUT2D eigenvalue weighted by Crippen LogP contribution is -2.23. The topological polar surface area (TPSA) is 70.2 Å². The van der Waals surface area contributed by atoms with Crippen LogP contribution in [0, 0.1) is 0 Å². The highest BCUT2D eigenvalue weighted by molar-refractivity contribution is 6.04. The van der Waals surface area contributed by atoms with Crippen LogP contribution in [0.1, 0.15) is 34.0 Å². The Morgan fingerprint density at radius 3 is 2.64 bits per heavy atom. The quantitative estimate of drug-likeness (QED) is 0.784. The lowest BCUT2D eigenvalue weighted by atomic mass is 10.0. The number of fused-ring (bicyclic) bond motifs is 1. The minimum Gasteiger partial charge on any atom is -0.356 e. The van der Waals surface area contributed by atoms with Gasteiger partial charge in [-0.2, -0.15) is 0 Å². The van der Waals surface area contributed by atoms with Gasteiger partial charge in [0, 0.05) is 31.3 Å². The molecule has 5 heteroatoms. The minimum absolute atomic E-state index is 0.0313. The number of anilines is 1. The summed E-state index contributed by atoms with van der Waals surface area (Å²) in [6, 6.07) is 13.6. The van der Waals surface area contributed by atoms with Gasteiger partial charge in [-0.15, -0.1) is 0 Å². The Morgan fingerprint density at radius 2 is 1.88 bits per heavy atom. The highest BCUT2D eigenvalue weighted by Crippen LogP contribution is 2.19.